The summed E-state index contributed by atoms with van der Waals surface area (Å²) in [6.07, 6.45) is -0.354. The first-order valence-corrected chi connectivity index (χ1v) is 9.16. The normalized spacial score (nSPS) is 11.1. The molecule has 0 spiro atoms. The molecule has 1 aromatic heterocycles. The number of methoxy groups -OCH3 is 1. The van der Waals surface area contributed by atoms with E-state index in [2.05, 4.69) is 5.32 Å². The SMILES string of the molecule is COc1ccc(OCCCC(=O)O[C@H](C)C(=O)Nc2sccc2C#N)cc1. The molecule has 27 heavy (non-hydrogen) atoms. The molecule has 1 N–H and O–H groups in total. The lowest BCUT2D eigenvalue weighted by Gasteiger charge is -2.13. The highest BCUT2D eigenvalue weighted by molar-refractivity contribution is 7.14. The number of nitriles is 1. The van der Waals surface area contributed by atoms with Crippen LogP contribution in [-0.2, 0) is 14.3 Å². The Morgan fingerprint density at radius 2 is 1.93 bits per heavy atom. The molecule has 1 amide bonds. The lowest BCUT2D eigenvalue weighted by Crippen LogP contribution is -2.30. The Hall–Kier alpha value is -3.05. The van der Waals surface area contributed by atoms with Crippen LogP contribution in [0.2, 0.25) is 0 Å². The Morgan fingerprint density at radius 1 is 1.22 bits per heavy atom. The molecule has 1 atom stereocenters. The molecule has 0 saturated heterocycles. The molecule has 2 aromatic rings. The Bertz CT molecular complexity index is 810. The largest absolute Gasteiger partial charge is 0.497 e. The molecular weight excluding hydrogens is 368 g/mol. The van der Waals surface area contributed by atoms with Crippen LogP contribution in [0.3, 0.4) is 0 Å². The Balaban J connectivity index is 1.68. The molecule has 0 aliphatic rings. The van der Waals surface area contributed by atoms with E-state index in [0.717, 1.165) is 5.75 Å². The molecule has 0 saturated carbocycles. The van der Waals surface area contributed by atoms with Crippen molar-refractivity contribution in [2.24, 2.45) is 0 Å². The quantitative estimate of drug-likeness (QED) is 0.522. The van der Waals surface area contributed by atoms with Crippen molar-refractivity contribution in [1.29, 1.82) is 5.26 Å². The van der Waals surface area contributed by atoms with Gasteiger partial charge in [0, 0.05) is 6.42 Å². The molecule has 0 fully saturated rings. The van der Waals surface area contributed by atoms with E-state index in [1.54, 1.807) is 42.8 Å². The Morgan fingerprint density at radius 3 is 2.59 bits per heavy atom. The fraction of sp³-hybridized carbons (Fsp3) is 0.316. The average Bonchev–Trinajstić information content (AvgIpc) is 3.12. The van der Waals surface area contributed by atoms with Gasteiger partial charge in [-0.3, -0.25) is 9.59 Å². The number of anilines is 1. The third-order valence-electron chi connectivity index (χ3n) is 3.55. The molecule has 142 valence electrons. The van der Waals surface area contributed by atoms with Gasteiger partial charge in [-0.15, -0.1) is 11.3 Å². The smallest absolute Gasteiger partial charge is 0.306 e. The van der Waals surface area contributed by atoms with Gasteiger partial charge in [-0.1, -0.05) is 0 Å². The van der Waals surface area contributed by atoms with Crippen molar-refractivity contribution in [3.05, 3.63) is 41.3 Å². The van der Waals surface area contributed by atoms with Crippen LogP contribution in [-0.4, -0.2) is 31.7 Å². The number of carbonyl (C=O) groups is 2. The van der Waals surface area contributed by atoms with E-state index in [9.17, 15) is 9.59 Å². The molecule has 1 aromatic carbocycles. The first-order valence-electron chi connectivity index (χ1n) is 8.28. The van der Waals surface area contributed by atoms with Crippen LogP contribution in [0.1, 0.15) is 25.3 Å². The topological polar surface area (TPSA) is 97.7 Å². The number of thiophene rings is 1. The predicted octanol–water partition coefficient (Wildman–Crippen LogP) is 3.36. The fourth-order valence-corrected chi connectivity index (χ4v) is 2.84. The molecule has 0 radical (unpaired) electrons. The van der Waals surface area contributed by atoms with Crippen molar-refractivity contribution >= 4 is 28.2 Å². The molecule has 8 heteroatoms. The first-order chi connectivity index (χ1) is 13.0. The summed E-state index contributed by atoms with van der Waals surface area (Å²) in [5, 5.41) is 13.7. The molecule has 0 unspecified atom stereocenters. The zero-order valence-electron chi connectivity index (χ0n) is 15.1. The molecule has 0 bridgehead atoms. The minimum absolute atomic E-state index is 0.135. The summed E-state index contributed by atoms with van der Waals surface area (Å²) in [6.45, 7) is 1.84. The Kier molecular flexibility index (Phi) is 7.64. The summed E-state index contributed by atoms with van der Waals surface area (Å²) < 4.78 is 15.7. The number of hydrogen-bond donors (Lipinski definition) is 1. The third kappa shape index (κ3) is 6.31. The van der Waals surface area contributed by atoms with Gasteiger partial charge in [0.05, 0.1) is 19.3 Å². The van der Waals surface area contributed by atoms with Gasteiger partial charge in [-0.25, -0.2) is 0 Å². The van der Waals surface area contributed by atoms with Gasteiger partial charge in [0.2, 0.25) is 0 Å². The van der Waals surface area contributed by atoms with Crippen LogP contribution in [0.15, 0.2) is 35.7 Å². The standard InChI is InChI=1S/C19H20N2O5S/c1-13(18(23)21-19-14(12-20)9-11-27-19)26-17(22)4-3-10-25-16-7-5-15(24-2)6-8-16/h5-9,11,13H,3-4,10H2,1-2H3,(H,21,23)/t13-/m1/s1. The van der Waals surface area contributed by atoms with Crippen LogP contribution in [0, 0.1) is 11.3 Å². The lowest BCUT2D eigenvalue weighted by molar-refractivity contribution is -0.153. The van der Waals surface area contributed by atoms with E-state index in [-0.39, 0.29) is 6.42 Å². The highest BCUT2D eigenvalue weighted by atomic mass is 32.1. The van der Waals surface area contributed by atoms with Crippen LogP contribution < -0.4 is 14.8 Å². The minimum Gasteiger partial charge on any atom is -0.497 e. The number of esters is 1. The van der Waals surface area contributed by atoms with Crippen molar-refractivity contribution in [3.8, 4) is 17.6 Å². The van der Waals surface area contributed by atoms with E-state index in [4.69, 9.17) is 19.5 Å². The maximum atomic E-state index is 12.1. The molecule has 0 aliphatic heterocycles. The number of ether oxygens (including phenoxy) is 3. The van der Waals surface area contributed by atoms with E-state index in [1.165, 1.54) is 18.3 Å². The second kappa shape index (κ2) is 10.2. The predicted molar refractivity (Wildman–Crippen MR) is 101 cm³/mol. The van der Waals surface area contributed by atoms with Crippen LogP contribution in [0.4, 0.5) is 5.00 Å². The first kappa shape index (κ1) is 20.3. The maximum Gasteiger partial charge on any atom is 0.306 e. The van der Waals surface area contributed by atoms with Crippen LogP contribution >= 0.6 is 11.3 Å². The summed E-state index contributed by atoms with van der Waals surface area (Å²) in [4.78, 5) is 23.9. The molecular formula is C19H20N2O5S. The van der Waals surface area contributed by atoms with E-state index >= 15 is 0 Å². The summed E-state index contributed by atoms with van der Waals surface area (Å²) in [6, 6.07) is 10.7. The summed E-state index contributed by atoms with van der Waals surface area (Å²) in [5.41, 5.74) is 0.377. The average molecular weight is 388 g/mol. The maximum absolute atomic E-state index is 12.1. The number of carbonyl (C=O) groups excluding carboxylic acids is 2. The zero-order valence-corrected chi connectivity index (χ0v) is 15.9. The van der Waals surface area contributed by atoms with Crippen LogP contribution in [0.25, 0.3) is 0 Å². The van der Waals surface area contributed by atoms with Crippen molar-refractivity contribution < 1.29 is 23.8 Å². The highest BCUT2D eigenvalue weighted by Gasteiger charge is 2.19. The van der Waals surface area contributed by atoms with Gasteiger partial charge in [0.1, 0.15) is 22.6 Å². The second-order valence-corrected chi connectivity index (χ2v) is 6.44. The molecule has 7 nitrogen and oxygen atoms in total. The minimum atomic E-state index is -0.950. The number of rotatable bonds is 9. The van der Waals surface area contributed by atoms with Gasteiger partial charge in [0.25, 0.3) is 5.91 Å². The van der Waals surface area contributed by atoms with Crippen molar-refractivity contribution in [1.82, 2.24) is 0 Å². The summed E-state index contributed by atoms with van der Waals surface area (Å²) >= 11 is 1.24. The number of nitrogens with one attached hydrogen (secondary N) is 1. The molecule has 1 heterocycles. The lowest BCUT2D eigenvalue weighted by atomic mass is 10.3. The van der Waals surface area contributed by atoms with Gasteiger partial charge in [0.15, 0.2) is 6.10 Å². The monoisotopic (exact) mass is 388 g/mol. The summed E-state index contributed by atoms with van der Waals surface area (Å²) in [7, 11) is 1.59. The van der Waals surface area contributed by atoms with Crippen LogP contribution in [0.5, 0.6) is 11.5 Å². The zero-order chi connectivity index (χ0) is 19.6. The van der Waals surface area contributed by atoms with E-state index < -0.39 is 18.0 Å². The number of benzene rings is 1. The van der Waals surface area contributed by atoms with E-state index in [1.807, 2.05) is 6.07 Å². The third-order valence-corrected chi connectivity index (χ3v) is 4.38. The molecule has 0 aliphatic carbocycles. The van der Waals surface area contributed by atoms with Gasteiger partial charge < -0.3 is 19.5 Å². The number of hydrogen-bond acceptors (Lipinski definition) is 7. The van der Waals surface area contributed by atoms with Gasteiger partial charge >= 0.3 is 5.97 Å². The number of amides is 1. The summed E-state index contributed by atoms with van der Waals surface area (Å²) in [5.74, 6) is 0.461. The van der Waals surface area contributed by atoms with Crippen molar-refractivity contribution in [2.75, 3.05) is 19.0 Å². The van der Waals surface area contributed by atoms with Crippen molar-refractivity contribution in [2.45, 2.75) is 25.9 Å². The Labute approximate surface area is 161 Å². The highest BCUT2D eigenvalue weighted by Crippen LogP contribution is 2.22. The number of nitrogens with zero attached hydrogens (tertiary/aromatic N) is 1. The van der Waals surface area contributed by atoms with Crippen molar-refractivity contribution in [3.63, 3.8) is 0 Å². The second-order valence-electron chi connectivity index (χ2n) is 5.52. The van der Waals surface area contributed by atoms with Gasteiger partial charge in [-0.05, 0) is 49.1 Å². The molecule has 2 rings (SSSR count). The fourth-order valence-electron chi connectivity index (χ4n) is 2.10. The van der Waals surface area contributed by atoms with E-state index in [0.29, 0.717) is 29.3 Å². The van der Waals surface area contributed by atoms with Gasteiger partial charge in [-0.2, -0.15) is 5.26 Å².